The number of hydrogen-bond acceptors (Lipinski definition) is 2. The molecule has 4 aromatic rings. The number of aromatic nitrogens is 3. The maximum atomic E-state index is 13.3. The fraction of sp³-hybridized carbons (Fsp3) is 0.167. The van der Waals surface area contributed by atoms with Crippen molar-refractivity contribution in [3.8, 4) is 5.69 Å². The zero-order valence-corrected chi connectivity index (χ0v) is 17.0. The summed E-state index contributed by atoms with van der Waals surface area (Å²) in [7, 11) is 0. The van der Waals surface area contributed by atoms with Gasteiger partial charge in [-0.05, 0) is 55.3 Å². The van der Waals surface area contributed by atoms with Crippen LogP contribution in [-0.2, 0) is 13.1 Å². The maximum absolute atomic E-state index is 13.3. The van der Waals surface area contributed by atoms with Crippen LogP contribution in [0.4, 0.5) is 4.39 Å². The molecule has 2 aromatic carbocycles. The second-order valence-electron chi connectivity index (χ2n) is 7.28. The van der Waals surface area contributed by atoms with Gasteiger partial charge in [0.2, 0.25) is 0 Å². The highest BCUT2D eigenvalue weighted by atomic mass is 19.1. The Balaban J connectivity index is 1.52. The molecular formula is C24H23FN4O. The lowest BCUT2D eigenvalue weighted by atomic mass is 10.1. The molecule has 0 saturated carbocycles. The number of amides is 1. The normalized spacial score (nSPS) is 10.9. The molecule has 2 aromatic heterocycles. The smallest absolute Gasteiger partial charge is 0.253 e. The van der Waals surface area contributed by atoms with E-state index in [1.54, 1.807) is 24.7 Å². The Morgan fingerprint density at radius 2 is 1.80 bits per heavy atom. The number of rotatable bonds is 6. The Morgan fingerprint density at radius 3 is 2.50 bits per heavy atom. The Kier molecular flexibility index (Phi) is 5.48. The third-order valence-corrected chi connectivity index (χ3v) is 5.23. The first-order valence-electron chi connectivity index (χ1n) is 9.78. The van der Waals surface area contributed by atoms with E-state index in [1.165, 1.54) is 12.1 Å². The number of nitrogens with one attached hydrogen (secondary N) is 1. The van der Waals surface area contributed by atoms with Gasteiger partial charge in [0, 0.05) is 42.6 Å². The van der Waals surface area contributed by atoms with E-state index in [0.717, 1.165) is 28.2 Å². The number of imidazole rings is 1. The third-order valence-electron chi connectivity index (χ3n) is 5.23. The van der Waals surface area contributed by atoms with E-state index in [1.807, 2.05) is 53.4 Å². The number of hydrogen-bond donors (Lipinski definition) is 1. The van der Waals surface area contributed by atoms with Crippen molar-refractivity contribution in [2.75, 3.05) is 0 Å². The van der Waals surface area contributed by atoms with E-state index in [9.17, 15) is 9.18 Å². The van der Waals surface area contributed by atoms with Crippen molar-refractivity contribution in [3.63, 3.8) is 0 Å². The molecule has 0 radical (unpaired) electrons. The first kappa shape index (κ1) is 19.6. The van der Waals surface area contributed by atoms with Gasteiger partial charge >= 0.3 is 0 Å². The largest absolute Gasteiger partial charge is 0.348 e. The molecule has 0 bridgehead atoms. The van der Waals surface area contributed by atoms with Gasteiger partial charge in [-0.3, -0.25) is 4.79 Å². The molecule has 4 rings (SSSR count). The summed E-state index contributed by atoms with van der Waals surface area (Å²) in [5.41, 5.74) is 5.38. The Labute approximate surface area is 174 Å². The average Bonchev–Trinajstić information content (AvgIpc) is 3.35. The van der Waals surface area contributed by atoms with Crippen LogP contribution >= 0.6 is 0 Å². The number of benzene rings is 2. The molecule has 0 aliphatic rings. The summed E-state index contributed by atoms with van der Waals surface area (Å²) in [6.07, 6.45) is 5.45. The zero-order valence-electron chi connectivity index (χ0n) is 17.0. The summed E-state index contributed by atoms with van der Waals surface area (Å²) in [6.45, 7) is 4.97. The second kappa shape index (κ2) is 8.37. The minimum absolute atomic E-state index is 0.131. The van der Waals surface area contributed by atoms with Gasteiger partial charge in [0.05, 0.1) is 11.9 Å². The topological polar surface area (TPSA) is 51.9 Å². The van der Waals surface area contributed by atoms with E-state index in [4.69, 9.17) is 0 Å². The molecule has 30 heavy (non-hydrogen) atoms. The molecule has 0 spiro atoms. The standard InChI is InChI=1S/C24H23FN4O/c1-17-13-23(18(2)29(17)22-9-7-21(25)8-10-22)24(30)27-14-19-5-3-4-6-20(19)15-28-12-11-26-16-28/h3-13,16H,14-15H2,1-2H3,(H,27,30). The molecule has 0 saturated heterocycles. The predicted molar refractivity (Wildman–Crippen MR) is 114 cm³/mol. The fourth-order valence-corrected chi connectivity index (χ4v) is 3.71. The van der Waals surface area contributed by atoms with Crippen molar-refractivity contribution in [1.29, 1.82) is 0 Å². The van der Waals surface area contributed by atoms with E-state index in [2.05, 4.69) is 16.4 Å². The highest BCUT2D eigenvalue weighted by molar-refractivity contribution is 5.95. The summed E-state index contributed by atoms with van der Waals surface area (Å²) in [5, 5.41) is 3.04. The second-order valence-corrected chi connectivity index (χ2v) is 7.28. The lowest BCUT2D eigenvalue weighted by Crippen LogP contribution is -2.24. The third kappa shape index (κ3) is 4.03. The van der Waals surface area contributed by atoms with Gasteiger partial charge in [0.1, 0.15) is 5.82 Å². The van der Waals surface area contributed by atoms with Crippen LogP contribution in [0, 0.1) is 19.7 Å². The van der Waals surface area contributed by atoms with Crippen LogP contribution in [0.25, 0.3) is 5.69 Å². The van der Waals surface area contributed by atoms with Gasteiger partial charge in [0.15, 0.2) is 0 Å². The summed E-state index contributed by atoms with van der Waals surface area (Å²) >= 11 is 0. The molecule has 0 fully saturated rings. The molecule has 0 aliphatic carbocycles. The zero-order chi connectivity index (χ0) is 21.1. The van der Waals surface area contributed by atoms with Crippen LogP contribution in [0.15, 0.2) is 73.3 Å². The molecule has 6 heteroatoms. The molecule has 1 N–H and O–H groups in total. The Morgan fingerprint density at radius 1 is 1.07 bits per heavy atom. The van der Waals surface area contributed by atoms with Gasteiger partial charge < -0.3 is 14.5 Å². The van der Waals surface area contributed by atoms with Crippen LogP contribution < -0.4 is 5.32 Å². The van der Waals surface area contributed by atoms with Crippen molar-refractivity contribution < 1.29 is 9.18 Å². The van der Waals surface area contributed by atoms with Crippen molar-refractivity contribution in [3.05, 3.63) is 107 Å². The first-order valence-corrected chi connectivity index (χ1v) is 9.78. The van der Waals surface area contributed by atoms with Gasteiger partial charge in [0.25, 0.3) is 5.91 Å². The van der Waals surface area contributed by atoms with E-state index in [0.29, 0.717) is 18.7 Å². The monoisotopic (exact) mass is 402 g/mol. The number of carbonyl (C=O) groups excluding carboxylic acids is 1. The highest BCUT2D eigenvalue weighted by Crippen LogP contribution is 2.21. The molecular weight excluding hydrogens is 379 g/mol. The van der Waals surface area contributed by atoms with E-state index >= 15 is 0 Å². The summed E-state index contributed by atoms with van der Waals surface area (Å²) in [6, 6.07) is 16.2. The molecule has 5 nitrogen and oxygen atoms in total. The summed E-state index contributed by atoms with van der Waals surface area (Å²) in [4.78, 5) is 17.0. The van der Waals surface area contributed by atoms with Crippen LogP contribution in [0.1, 0.15) is 32.9 Å². The van der Waals surface area contributed by atoms with Crippen molar-refractivity contribution in [2.24, 2.45) is 0 Å². The van der Waals surface area contributed by atoms with Crippen molar-refractivity contribution >= 4 is 5.91 Å². The molecule has 2 heterocycles. The highest BCUT2D eigenvalue weighted by Gasteiger charge is 2.17. The molecule has 1 amide bonds. The van der Waals surface area contributed by atoms with Gasteiger partial charge in [-0.25, -0.2) is 9.37 Å². The average molecular weight is 402 g/mol. The minimum atomic E-state index is -0.284. The van der Waals surface area contributed by atoms with Crippen molar-refractivity contribution in [1.82, 2.24) is 19.4 Å². The number of carbonyl (C=O) groups is 1. The number of aryl methyl sites for hydroxylation is 1. The van der Waals surface area contributed by atoms with E-state index < -0.39 is 0 Å². The predicted octanol–water partition coefficient (Wildman–Crippen LogP) is 4.41. The SMILES string of the molecule is Cc1cc(C(=O)NCc2ccccc2Cn2ccnc2)c(C)n1-c1ccc(F)cc1. The van der Waals surface area contributed by atoms with Crippen LogP contribution in [0.2, 0.25) is 0 Å². The fourth-order valence-electron chi connectivity index (χ4n) is 3.71. The van der Waals surface area contributed by atoms with Gasteiger partial charge in [-0.15, -0.1) is 0 Å². The minimum Gasteiger partial charge on any atom is -0.348 e. The molecule has 0 unspecified atom stereocenters. The number of nitrogens with zero attached hydrogens (tertiary/aromatic N) is 3. The number of halogens is 1. The maximum Gasteiger partial charge on any atom is 0.253 e. The van der Waals surface area contributed by atoms with Gasteiger partial charge in [-0.2, -0.15) is 0 Å². The lowest BCUT2D eigenvalue weighted by molar-refractivity contribution is 0.0950. The van der Waals surface area contributed by atoms with Crippen LogP contribution in [0.3, 0.4) is 0 Å². The Bertz CT molecular complexity index is 1160. The van der Waals surface area contributed by atoms with Crippen LogP contribution in [0.5, 0.6) is 0 Å². The Hall–Kier alpha value is -3.67. The van der Waals surface area contributed by atoms with E-state index in [-0.39, 0.29) is 11.7 Å². The van der Waals surface area contributed by atoms with Crippen molar-refractivity contribution in [2.45, 2.75) is 26.9 Å². The quantitative estimate of drug-likeness (QED) is 0.519. The summed E-state index contributed by atoms with van der Waals surface area (Å²) < 4.78 is 17.2. The molecule has 0 aliphatic heterocycles. The van der Waals surface area contributed by atoms with Crippen LogP contribution in [-0.4, -0.2) is 20.0 Å². The molecule has 0 atom stereocenters. The first-order chi connectivity index (χ1) is 14.5. The lowest BCUT2D eigenvalue weighted by Gasteiger charge is -2.12. The molecule has 152 valence electrons. The summed E-state index contributed by atoms with van der Waals surface area (Å²) in [5.74, 6) is -0.414. The van der Waals surface area contributed by atoms with Gasteiger partial charge in [-0.1, -0.05) is 24.3 Å².